The third-order valence-corrected chi connectivity index (χ3v) is 2.59. The zero-order valence-electron chi connectivity index (χ0n) is 8.23. The molecule has 4 heteroatoms. The molecule has 0 unspecified atom stereocenters. The van der Waals surface area contributed by atoms with Gasteiger partial charge >= 0.3 is 0 Å². The fourth-order valence-electron chi connectivity index (χ4n) is 1.49. The van der Waals surface area contributed by atoms with Crippen LogP contribution in [-0.4, -0.2) is 35.9 Å². The maximum Gasteiger partial charge on any atom is 0.237 e. The topological polar surface area (TPSA) is 29.5 Å². The minimum absolute atomic E-state index is 0.0235. The first-order valence-corrected chi connectivity index (χ1v) is 5.38. The number of amides is 1. The Hall–Kier alpha value is -1.22. The number of likely N-dealkylation sites (tertiary alicyclic amines) is 1. The van der Waals surface area contributed by atoms with E-state index in [1.807, 2.05) is 30.3 Å². The molecule has 0 spiro atoms. The molecule has 0 radical (unpaired) electrons. The minimum atomic E-state index is -0.0235. The van der Waals surface area contributed by atoms with Gasteiger partial charge in [-0.2, -0.15) is 0 Å². The summed E-state index contributed by atoms with van der Waals surface area (Å²) in [6.45, 7) is 1.28. The summed E-state index contributed by atoms with van der Waals surface area (Å²) in [6.07, 6.45) is 0.111. The van der Waals surface area contributed by atoms with Crippen molar-refractivity contribution in [2.75, 3.05) is 19.0 Å². The quantitative estimate of drug-likeness (QED) is 0.730. The molecule has 1 aliphatic rings. The molecule has 1 aliphatic heterocycles. The van der Waals surface area contributed by atoms with Crippen molar-refractivity contribution in [2.45, 2.75) is 6.10 Å². The van der Waals surface area contributed by atoms with Crippen LogP contribution in [0.2, 0.25) is 0 Å². The molecule has 1 aromatic rings. The summed E-state index contributed by atoms with van der Waals surface area (Å²) in [5.41, 5.74) is 0. The van der Waals surface area contributed by atoms with E-state index in [-0.39, 0.29) is 17.9 Å². The van der Waals surface area contributed by atoms with E-state index in [0.717, 1.165) is 5.75 Å². The van der Waals surface area contributed by atoms with Crippen molar-refractivity contribution < 1.29 is 9.53 Å². The predicted octanol–water partition coefficient (Wildman–Crippen LogP) is 1.52. The van der Waals surface area contributed by atoms with Gasteiger partial charge < -0.3 is 9.64 Å². The molecule has 0 N–H and O–H groups in total. The molecule has 15 heavy (non-hydrogen) atoms. The lowest BCUT2D eigenvalue weighted by molar-refractivity contribution is -0.137. The molecule has 1 saturated heterocycles. The highest BCUT2D eigenvalue weighted by Gasteiger charge is 2.31. The van der Waals surface area contributed by atoms with E-state index in [0.29, 0.717) is 13.1 Å². The van der Waals surface area contributed by atoms with Crippen molar-refractivity contribution in [3.05, 3.63) is 30.3 Å². The van der Waals surface area contributed by atoms with Crippen LogP contribution in [0.15, 0.2) is 30.3 Å². The molecule has 2 rings (SSSR count). The number of halogens is 1. The predicted molar refractivity (Wildman–Crippen MR) is 58.2 cm³/mol. The molecule has 1 fully saturated rings. The van der Waals surface area contributed by atoms with Gasteiger partial charge in [0.15, 0.2) is 0 Å². The highest BCUT2D eigenvalue weighted by Crippen LogP contribution is 2.17. The number of hydrogen-bond acceptors (Lipinski definition) is 2. The summed E-state index contributed by atoms with van der Waals surface area (Å²) in [6, 6.07) is 9.61. The molecule has 0 bridgehead atoms. The monoisotopic (exact) mass is 225 g/mol. The van der Waals surface area contributed by atoms with Crippen LogP contribution >= 0.6 is 11.6 Å². The molecule has 0 atom stereocenters. The van der Waals surface area contributed by atoms with E-state index in [4.69, 9.17) is 16.3 Å². The molecule has 0 aromatic heterocycles. The summed E-state index contributed by atoms with van der Waals surface area (Å²) < 4.78 is 5.64. The summed E-state index contributed by atoms with van der Waals surface area (Å²) in [5.74, 6) is 0.878. The van der Waals surface area contributed by atoms with Gasteiger partial charge in [0.2, 0.25) is 5.91 Å². The first kappa shape index (κ1) is 10.3. The van der Waals surface area contributed by atoms with Crippen molar-refractivity contribution >= 4 is 17.5 Å². The van der Waals surface area contributed by atoms with Crippen molar-refractivity contribution in [1.29, 1.82) is 0 Å². The Kier molecular flexibility index (Phi) is 3.11. The van der Waals surface area contributed by atoms with Crippen LogP contribution in [0.5, 0.6) is 5.75 Å². The highest BCUT2D eigenvalue weighted by molar-refractivity contribution is 6.27. The first-order valence-electron chi connectivity index (χ1n) is 4.85. The number of rotatable bonds is 3. The van der Waals surface area contributed by atoms with E-state index in [2.05, 4.69) is 0 Å². The van der Waals surface area contributed by atoms with Crippen LogP contribution in [0.25, 0.3) is 0 Å². The summed E-state index contributed by atoms with van der Waals surface area (Å²) in [5, 5.41) is 0. The molecule has 0 saturated carbocycles. The van der Waals surface area contributed by atoms with Crippen LogP contribution in [0.3, 0.4) is 0 Å². The first-order chi connectivity index (χ1) is 7.29. The summed E-state index contributed by atoms with van der Waals surface area (Å²) >= 11 is 5.44. The van der Waals surface area contributed by atoms with Gasteiger partial charge in [0.25, 0.3) is 0 Å². The van der Waals surface area contributed by atoms with Crippen LogP contribution in [0, 0.1) is 0 Å². The average Bonchev–Trinajstić information content (AvgIpc) is 2.23. The third-order valence-electron chi connectivity index (χ3n) is 2.36. The van der Waals surface area contributed by atoms with Gasteiger partial charge in [-0.05, 0) is 12.1 Å². The zero-order valence-corrected chi connectivity index (χ0v) is 8.98. The lowest BCUT2D eigenvalue weighted by Gasteiger charge is -2.38. The Morgan fingerprint density at radius 3 is 2.67 bits per heavy atom. The minimum Gasteiger partial charge on any atom is -0.487 e. The second-order valence-corrected chi connectivity index (χ2v) is 3.75. The van der Waals surface area contributed by atoms with Crippen LogP contribution in [-0.2, 0) is 4.79 Å². The summed E-state index contributed by atoms with van der Waals surface area (Å²) in [4.78, 5) is 12.8. The van der Waals surface area contributed by atoms with Crippen LogP contribution in [0.4, 0.5) is 0 Å². The van der Waals surface area contributed by atoms with Crippen molar-refractivity contribution in [3.63, 3.8) is 0 Å². The van der Waals surface area contributed by atoms with Crippen LogP contribution in [0.1, 0.15) is 0 Å². The second-order valence-electron chi connectivity index (χ2n) is 3.49. The number of carbonyl (C=O) groups excluding carboxylic acids is 1. The average molecular weight is 226 g/mol. The SMILES string of the molecule is O=C(CCl)N1CC(Oc2ccccc2)C1. The van der Waals surface area contributed by atoms with Crippen molar-refractivity contribution in [1.82, 2.24) is 4.90 Å². The van der Waals surface area contributed by atoms with E-state index >= 15 is 0 Å². The van der Waals surface area contributed by atoms with Gasteiger partial charge in [-0.1, -0.05) is 18.2 Å². The Morgan fingerprint density at radius 1 is 1.40 bits per heavy atom. The Bertz CT molecular complexity index is 336. The standard InChI is InChI=1S/C11H12ClNO2/c12-6-11(14)13-7-10(8-13)15-9-4-2-1-3-5-9/h1-5,10H,6-8H2. The maximum atomic E-state index is 11.1. The second kappa shape index (κ2) is 4.53. The van der Waals surface area contributed by atoms with Crippen LogP contribution < -0.4 is 4.74 Å². The molecule has 1 amide bonds. The fourth-order valence-corrected chi connectivity index (χ4v) is 1.66. The van der Waals surface area contributed by atoms with Crippen molar-refractivity contribution in [2.24, 2.45) is 0 Å². The molecular formula is C11H12ClNO2. The number of ether oxygens (including phenoxy) is 1. The molecule has 1 aromatic carbocycles. The van der Waals surface area contributed by atoms with Gasteiger partial charge in [-0.15, -0.1) is 11.6 Å². The molecule has 80 valence electrons. The Morgan fingerprint density at radius 2 is 2.07 bits per heavy atom. The Balaban J connectivity index is 1.79. The lowest BCUT2D eigenvalue weighted by atomic mass is 10.1. The molecular weight excluding hydrogens is 214 g/mol. The number of para-hydroxylation sites is 1. The van der Waals surface area contributed by atoms with Gasteiger partial charge in [-0.25, -0.2) is 0 Å². The fraction of sp³-hybridized carbons (Fsp3) is 0.364. The maximum absolute atomic E-state index is 11.1. The summed E-state index contributed by atoms with van der Waals surface area (Å²) in [7, 11) is 0. The normalized spacial score (nSPS) is 15.9. The highest BCUT2D eigenvalue weighted by atomic mass is 35.5. The number of carbonyl (C=O) groups is 1. The van der Waals surface area contributed by atoms with Gasteiger partial charge in [0.05, 0.1) is 13.1 Å². The van der Waals surface area contributed by atoms with Gasteiger partial charge in [0, 0.05) is 0 Å². The number of benzene rings is 1. The van der Waals surface area contributed by atoms with Crippen molar-refractivity contribution in [3.8, 4) is 5.75 Å². The number of alkyl halides is 1. The Labute approximate surface area is 93.6 Å². The largest absolute Gasteiger partial charge is 0.487 e. The van der Waals surface area contributed by atoms with E-state index in [9.17, 15) is 4.79 Å². The third kappa shape index (κ3) is 2.42. The van der Waals surface area contributed by atoms with E-state index < -0.39 is 0 Å². The molecule has 1 heterocycles. The van der Waals surface area contributed by atoms with Gasteiger partial charge in [-0.3, -0.25) is 4.79 Å². The van der Waals surface area contributed by atoms with E-state index in [1.165, 1.54) is 0 Å². The lowest BCUT2D eigenvalue weighted by Crippen LogP contribution is -2.56. The molecule has 0 aliphatic carbocycles. The van der Waals surface area contributed by atoms with Gasteiger partial charge in [0.1, 0.15) is 17.7 Å². The number of hydrogen-bond donors (Lipinski definition) is 0. The zero-order chi connectivity index (χ0) is 10.7. The van der Waals surface area contributed by atoms with E-state index in [1.54, 1.807) is 4.90 Å². The molecule has 3 nitrogen and oxygen atoms in total. The smallest absolute Gasteiger partial charge is 0.237 e. The number of nitrogens with zero attached hydrogens (tertiary/aromatic N) is 1.